The lowest BCUT2D eigenvalue weighted by atomic mass is 10.1. The van der Waals surface area contributed by atoms with Crippen molar-refractivity contribution in [2.75, 3.05) is 17.6 Å². The maximum Gasteiger partial charge on any atom is 0.425 e. The molecule has 1 heterocycles. The molecule has 0 aliphatic carbocycles. The number of azo groups is 2. The van der Waals surface area contributed by atoms with Crippen molar-refractivity contribution in [1.82, 2.24) is 15.0 Å². The molecule has 5 N–H and O–H groups in total. The summed E-state index contributed by atoms with van der Waals surface area (Å²) in [4.78, 5) is 11.1. The van der Waals surface area contributed by atoms with E-state index in [4.69, 9.17) is 12.6 Å². The van der Waals surface area contributed by atoms with Crippen LogP contribution in [0.5, 0.6) is 0 Å². The number of nitrogens with one attached hydrogen (secondary N) is 1. The van der Waals surface area contributed by atoms with E-state index in [1.807, 2.05) is 0 Å². The van der Waals surface area contributed by atoms with Crippen molar-refractivity contribution >= 4 is 90.6 Å². The molecule has 0 amide bonds. The first-order valence-electron chi connectivity index (χ1n) is 17.2. The van der Waals surface area contributed by atoms with Crippen LogP contribution in [0.15, 0.2) is 138 Å². The first-order chi connectivity index (χ1) is 29.4. The summed E-state index contributed by atoms with van der Waals surface area (Å²) in [6.07, 6.45) is -0.145. The van der Waals surface area contributed by atoms with E-state index < -0.39 is 71.5 Å². The number of hydrogen-bond donors (Lipinski definition) is 5. The van der Waals surface area contributed by atoms with Crippen molar-refractivity contribution < 1.29 is 64.5 Å². The molecule has 0 aliphatic heterocycles. The smallest absolute Gasteiger partial charge is 0.353 e. The standard InChI is InChI=1S/C35H30N8O12S4.O3S/c44-56(45,46)15-14-36-35-38-33(37-34(39-35)18-24-9-13-28(20-31(24)58(50,51)52)43-40-25-4-2-1-3-5-25)16-22-6-10-26(11-7-22)41-42-27-12-8-23-17-29(57(47,48)49)21-32(30(23)19-27)59(53,54)55;1-4(2)3/h1-13,17,19-21H,14-16,18H2,(H,44,45,46)(H,47,48,49)(H,50,51,52)(H,53,54,55)(H,36,37,38,39);. The van der Waals surface area contributed by atoms with E-state index in [0.717, 1.165) is 12.1 Å². The van der Waals surface area contributed by atoms with Crippen molar-refractivity contribution in [3.63, 3.8) is 0 Å². The van der Waals surface area contributed by atoms with Crippen LogP contribution in [0.4, 0.5) is 28.7 Å². The first kappa shape index (κ1) is 47.7. The highest BCUT2D eigenvalue weighted by Gasteiger charge is 2.22. The molecule has 23 nitrogen and oxygen atoms in total. The van der Waals surface area contributed by atoms with Gasteiger partial charge in [-0.15, -0.1) is 12.6 Å². The van der Waals surface area contributed by atoms with E-state index in [2.05, 4.69) is 40.7 Å². The minimum absolute atomic E-state index is 0.0417. The van der Waals surface area contributed by atoms with Crippen molar-refractivity contribution in [2.24, 2.45) is 20.5 Å². The highest BCUT2D eigenvalue weighted by Crippen LogP contribution is 2.32. The molecule has 5 aromatic carbocycles. The summed E-state index contributed by atoms with van der Waals surface area (Å²) in [5, 5.41) is 19.1. The van der Waals surface area contributed by atoms with Gasteiger partial charge in [-0.3, -0.25) is 18.2 Å². The molecule has 0 fully saturated rings. The van der Waals surface area contributed by atoms with Gasteiger partial charge in [0, 0.05) is 24.8 Å². The molecule has 0 aliphatic rings. The van der Waals surface area contributed by atoms with Crippen LogP contribution in [0, 0.1) is 0 Å². The number of nitrogens with zero attached hydrogens (tertiary/aromatic N) is 7. The van der Waals surface area contributed by atoms with Crippen LogP contribution in [-0.2, 0) is 63.9 Å². The summed E-state index contributed by atoms with van der Waals surface area (Å²) in [6.45, 7) is -0.279. The maximum atomic E-state index is 12.4. The van der Waals surface area contributed by atoms with Gasteiger partial charge in [-0.1, -0.05) is 42.5 Å². The summed E-state index contributed by atoms with van der Waals surface area (Å²) in [5.74, 6) is -0.535. The van der Waals surface area contributed by atoms with Gasteiger partial charge in [-0.2, -0.15) is 64.1 Å². The molecular formula is C35H30N8O15S5. The van der Waals surface area contributed by atoms with Gasteiger partial charge >= 0.3 is 10.6 Å². The fourth-order valence-corrected chi connectivity index (χ4v) is 7.91. The number of benzene rings is 5. The second kappa shape index (κ2) is 19.8. The van der Waals surface area contributed by atoms with Crippen LogP contribution < -0.4 is 5.32 Å². The Hall–Kier alpha value is -6.37. The molecule has 0 saturated heterocycles. The van der Waals surface area contributed by atoms with E-state index in [0.29, 0.717) is 23.0 Å². The zero-order valence-electron chi connectivity index (χ0n) is 31.6. The first-order valence-corrected chi connectivity index (χ1v) is 24.2. The minimum Gasteiger partial charge on any atom is -0.353 e. The quantitative estimate of drug-likeness (QED) is 0.0662. The van der Waals surface area contributed by atoms with Crippen LogP contribution in [0.3, 0.4) is 0 Å². The summed E-state index contributed by atoms with van der Waals surface area (Å²) in [6, 6.07) is 24.9. The van der Waals surface area contributed by atoms with Crippen LogP contribution in [-0.4, -0.2) is 91.8 Å². The molecule has 330 valence electrons. The molecule has 1 aromatic heterocycles. The van der Waals surface area contributed by atoms with Gasteiger partial charge in [-0.05, 0) is 77.2 Å². The number of aromatic nitrogens is 3. The maximum absolute atomic E-state index is 12.4. The Balaban J connectivity index is 0.00000179. The van der Waals surface area contributed by atoms with Gasteiger partial charge in [0.2, 0.25) is 5.95 Å². The average Bonchev–Trinajstić information content (AvgIpc) is 3.18. The Kier molecular flexibility index (Phi) is 15.0. The molecule has 6 rings (SSSR count). The van der Waals surface area contributed by atoms with Crippen LogP contribution in [0.1, 0.15) is 22.8 Å². The molecule has 0 radical (unpaired) electrons. The van der Waals surface area contributed by atoms with E-state index >= 15 is 0 Å². The third-order valence-corrected chi connectivity index (χ3v) is 11.5. The van der Waals surface area contributed by atoms with Crippen molar-refractivity contribution in [3.05, 3.63) is 126 Å². The second-order valence-electron chi connectivity index (χ2n) is 12.7. The average molecular weight is 963 g/mol. The highest BCUT2D eigenvalue weighted by atomic mass is 32.2. The Morgan fingerprint density at radius 2 is 1.06 bits per heavy atom. The van der Waals surface area contributed by atoms with E-state index in [-0.39, 0.29) is 64.7 Å². The molecule has 28 heteroatoms. The Labute approximate surface area is 359 Å². The van der Waals surface area contributed by atoms with Crippen molar-refractivity contribution in [3.8, 4) is 0 Å². The molecule has 63 heavy (non-hydrogen) atoms. The van der Waals surface area contributed by atoms with Gasteiger partial charge < -0.3 is 5.32 Å². The second-order valence-corrected chi connectivity index (χ2v) is 18.9. The van der Waals surface area contributed by atoms with E-state index in [1.54, 1.807) is 54.6 Å². The zero-order chi connectivity index (χ0) is 46.2. The molecule has 0 bridgehead atoms. The zero-order valence-corrected chi connectivity index (χ0v) is 35.7. The molecular weight excluding hydrogens is 933 g/mol. The van der Waals surface area contributed by atoms with Gasteiger partial charge in [-0.25, -0.2) is 4.98 Å². The SMILES string of the molecule is O=S(=O)(O)CCNc1nc(Cc2ccc(N=Nc3ccc4cc(S(=O)(=O)O)cc(S(=O)(=O)O)c4c3)cc2)nc(Cc2ccc(N=Nc3ccccc3)cc2S(=O)(=O)O)n1.O=S(=O)=O. The fourth-order valence-electron chi connectivity index (χ4n) is 5.46. The van der Waals surface area contributed by atoms with Crippen LogP contribution in [0.25, 0.3) is 10.8 Å². The molecule has 0 spiro atoms. The third-order valence-electron chi connectivity index (χ3n) is 8.11. The minimum atomic E-state index is -4.92. The summed E-state index contributed by atoms with van der Waals surface area (Å²) >= 11 is 0. The summed E-state index contributed by atoms with van der Waals surface area (Å²) in [5.41, 5.74) is 1.89. The monoisotopic (exact) mass is 962 g/mol. The van der Waals surface area contributed by atoms with E-state index in [9.17, 15) is 51.9 Å². The summed E-state index contributed by atoms with van der Waals surface area (Å²) < 4.78 is 159. The van der Waals surface area contributed by atoms with Gasteiger partial charge in [0.05, 0.1) is 38.3 Å². The van der Waals surface area contributed by atoms with Gasteiger partial charge in [0.15, 0.2) is 0 Å². The Bertz CT molecular complexity index is 3320. The molecule has 6 aromatic rings. The predicted octanol–water partition coefficient (Wildman–Crippen LogP) is 5.07. The Morgan fingerprint density at radius 3 is 1.63 bits per heavy atom. The highest BCUT2D eigenvalue weighted by molar-refractivity contribution is 7.87. The third kappa shape index (κ3) is 14.6. The predicted molar refractivity (Wildman–Crippen MR) is 221 cm³/mol. The topological polar surface area (TPSA) is 369 Å². The normalized spacial score (nSPS) is 12.3. The number of fused-ring (bicyclic) bond motifs is 1. The van der Waals surface area contributed by atoms with E-state index in [1.165, 1.54) is 30.3 Å². The van der Waals surface area contributed by atoms with Gasteiger partial charge in [0.1, 0.15) is 16.5 Å². The molecule has 0 unspecified atom stereocenters. The lowest BCUT2D eigenvalue weighted by Gasteiger charge is -2.11. The number of anilines is 1. The van der Waals surface area contributed by atoms with Crippen molar-refractivity contribution in [1.29, 1.82) is 0 Å². The fraction of sp³-hybridized carbons (Fsp3) is 0.114. The van der Waals surface area contributed by atoms with Crippen molar-refractivity contribution in [2.45, 2.75) is 27.5 Å². The largest absolute Gasteiger partial charge is 0.425 e. The van der Waals surface area contributed by atoms with Crippen LogP contribution >= 0.6 is 0 Å². The van der Waals surface area contributed by atoms with Gasteiger partial charge in [0.25, 0.3) is 40.5 Å². The number of hydrogen-bond acceptors (Lipinski definition) is 19. The Morgan fingerprint density at radius 1 is 0.540 bits per heavy atom. The lowest BCUT2D eigenvalue weighted by molar-refractivity contribution is 0.478. The molecule has 0 saturated carbocycles. The molecule has 0 atom stereocenters. The van der Waals surface area contributed by atoms with Crippen LogP contribution in [0.2, 0.25) is 0 Å². The lowest BCUT2D eigenvalue weighted by Crippen LogP contribution is -2.18. The summed E-state index contributed by atoms with van der Waals surface area (Å²) in [7, 11) is -21.9. The number of rotatable bonds is 15.